The highest BCUT2D eigenvalue weighted by Gasteiger charge is 2.30. The number of aromatic nitrogens is 2. The highest BCUT2D eigenvalue weighted by Crippen LogP contribution is 2.34. The quantitative estimate of drug-likeness (QED) is 0.308. The second-order valence-corrected chi connectivity index (χ2v) is 8.44. The summed E-state index contributed by atoms with van der Waals surface area (Å²) in [7, 11) is 0. The number of hydrogen-bond donors (Lipinski definition) is 1. The Bertz CT molecular complexity index is 1310. The molecule has 0 radical (unpaired) electrons. The molecule has 1 aliphatic rings. The van der Waals surface area contributed by atoms with Crippen LogP contribution < -0.4 is 5.32 Å². The van der Waals surface area contributed by atoms with Crippen LogP contribution in [-0.2, 0) is 19.5 Å². The Balaban J connectivity index is 1.28. The molecule has 4 aromatic rings. The van der Waals surface area contributed by atoms with Crippen LogP contribution >= 0.6 is 0 Å². The number of nitro benzene ring substituents is 1. The van der Waals surface area contributed by atoms with Crippen molar-refractivity contribution in [3.05, 3.63) is 118 Å². The molecule has 4 heterocycles. The minimum Gasteiger partial charge on any atom is -0.455 e. The van der Waals surface area contributed by atoms with Crippen LogP contribution in [0.15, 0.2) is 83.5 Å². The number of hydrogen-bond acceptors (Lipinski definition) is 6. The SMILES string of the molecule is O=C(NCCc1ccccn1)c1ccc(CN2CCn3cccc3C2c2ccc([N+](=O)[O-])cc2)o1. The number of non-ortho nitro benzene ring substituents is 1. The summed E-state index contributed by atoms with van der Waals surface area (Å²) in [4.78, 5) is 29.8. The molecule has 0 spiro atoms. The highest BCUT2D eigenvalue weighted by molar-refractivity contribution is 5.91. The molecule has 178 valence electrons. The Morgan fingerprint density at radius 3 is 2.71 bits per heavy atom. The number of nitrogens with one attached hydrogen (secondary N) is 1. The van der Waals surface area contributed by atoms with Gasteiger partial charge in [-0.3, -0.25) is 24.8 Å². The lowest BCUT2D eigenvalue weighted by molar-refractivity contribution is -0.384. The van der Waals surface area contributed by atoms with Crippen LogP contribution in [0.4, 0.5) is 5.69 Å². The lowest BCUT2D eigenvalue weighted by atomic mass is 9.99. The number of rotatable bonds is 8. The topological polar surface area (TPSA) is 106 Å². The first kappa shape index (κ1) is 22.5. The number of fused-ring (bicyclic) bond motifs is 1. The van der Waals surface area contributed by atoms with Crippen molar-refractivity contribution in [3.63, 3.8) is 0 Å². The van der Waals surface area contributed by atoms with E-state index in [1.807, 2.05) is 36.5 Å². The average molecular weight is 472 g/mol. The van der Waals surface area contributed by atoms with Gasteiger partial charge in [0, 0.05) is 62.0 Å². The van der Waals surface area contributed by atoms with Gasteiger partial charge in [-0.15, -0.1) is 0 Å². The Morgan fingerprint density at radius 1 is 1.09 bits per heavy atom. The summed E-state index contributed by atoms with van der Waals surface area (Å²) in [5.74, 6) is 0.701. The molecule has 0 saturated heterocycles. The van der Waals surface area contributed by atoms with E-state index < -0.39 is 4.92 Å². The van der Waals surface area contributed by atoms with Crippen LogP contribution in [0.1, 0.15) is 39.3 Å². The van der Waals surface area contributed by atoms with Crippen molar-refractivity contribution >= 4 is 11.6 Å². The van der Waals surface area contributed by atoms with E-state index >= 15 is 0 Å². The average Bonchev–Trinajstić information content (AvgIpc) is 3.54. The number of nitro groups is 1. The summed E-state index contributed by atoms with van der Waals surface area (Å²) in [6.07, 6.45) is 4.42. The first-order valence-electron chi connectivity index (χ1n) is 11.5. The number of amides is 1. The molecule has 1 N–H and O–H groups in total. The Labute approximate surface area is 202 Å². The third-order valence-electron chi connectivity index (χ3n) is 6.19. The molecule has 9 nitrogen and oxygen atoms in total. The smallest absolute Gasteiger partial charge is 0.287 e. The second kappa shape index (κ2) is 9.94. The Kier molecular flexibility index (Phi) is 6.40. The monoisotopic (exact) mass is 471 g/mol. The van der Waals surface area contributed by atoms with Crippen LogP contribution in [0.2, 0.25) is 0 Å². The number of carbonyl (C=O) groups excluding carboxylic acids is 1. The molecule has 1 atom stereocenters. The van der Waals surface area contributed by atoms with Crippen molar-refractivity contribution in [1.29, 1.82) is 0 Å². The second-order valence-electron chi connectivity index (χ2n) is 8.44. The molecule has 5 rings (SSSR count). The first-order valence-corrected chi connectivity index (χ1v) is 11.5. The molecule has 1 amide bonds. The van der Waals surface area contributed by atoms with E-state index in [2.05, 4.69) is 25.8 Å². The summed E-state index contributed by atoms with van der Waals surface area (Å²) in [6.45, 7) is 2.58. The van der Waals surface area contributed by atoms with Crippen molar-refractivity contribution < 1.29 is 14.1 Å². The molecule has 1 aromatic carbocycles. The van der Waals surface area contributed by atoms with E-state index in [9.17, 15) is 14.9 Å². The van der Waals surface area contributed by atoms with Gasteiger partial charge < -0.3 is 14.3 Å². The van der Waals surface area contributed by atoms with E-state index in [4.69, 9.17) is 4.42 Å². The maximum absolute atomic E-state index is 12.5. The van der Waals surface area contributed by atoms with E-state index in [0.29, 0.717) is 25.3 Å². The predicted molar refractivity (Wildman–Crippen MR) is 129 cm³/mol. The van der Waals surface area contributed by atoms with Gasteiger partial charge in [-0.05, 0) is 42.0 Å². The van der Waals surface area contributed by atoms with Crippen LogP contribution in [0.25, 0.3) is 0 Å². The normalized spacial score (nSPS) is 15.5. The maximum Gasteiger partial charge on any atom is 0.287 e. The van der Waals surface area contributed by atoms with Gasteiger partial charge in [0.05, 0.1) is 17.5 Å². The van der Waals surface area contributed by atoms with Gasteiger partial charge in [0.2, 0.25) is 0 Å². The zero-order valence-corrected chi connectivity index (χ0v) is 19.0. The van der Waals surface area contributed by atoms with E-state index in [0.717, 1.165) is 30.0 Å². The number of benzene rings is 1. The van der Waals surface area contributed by atoms with Crippen molar-refractivity contribution in [2.24, 2.45) is 0 Å². The van der Waals surface area contributed by atoms with E-state index in [-0.39, 0.29) is 23.4 Å². The summed E-state index contributed by atoms with van der Waals surface area (Å²) in [5, 5.41) is 14.0. The summed E-state index contributed by atoms with van der Waals surface area (Å²) in [6, 6.07) is 19.9. The molecular weight excluding hydrogens is 446 g/mol. The molecule has 0 aliphatic carbocycles. The fraction of sp³-hybridized carbons (Fsp3) is 0.231. The highest BCUT2D eigenvalue weighted by atomic mass is 16.6. The van der Waals surface area contributed by atoms with Gasteiger partial charge >= 0.3 is 0 Å². The van der Waals surface area contributed by atoms with Crippen molar-refractivity contribution in [2.75, 3.05) is 13.1 Å². The number of furan rings is 1. The maximum atomic E-state index is 12.5. The van der Waals surface area contributed by atoms with Crippen molar-refractivity contribution in [3.8, 4) is 0 Å². The van der Waals surface area contributed by atoms with Gasteiger partial charge in [0.1, 0.15) is 5.76 Å². The number of carbonyl (C=O) groups is 1. The molecule has 3 aromatic heterocycles. The van der Waals surface area contributed by atoms with Crippen molar-refractivity contribution in [2.45, 2.75) is 25.6 Å². The van der Waals surface area contributed by atoms with E-state index in [1.54, 1.807) is 24.4 Å². The van der Waals surface area contributed by atoms with Crippen LogP contribution in [0.5, 0.6) is 0 Å². The molecule has 1 aliphatic heterocycles. The summed E-state index contributed by atoms with van der Waals surface area (Å²) in [5.41, 5.74) is 3.06. The summed E-state index contributed by atoms with van der Waals surface area (Å²) >= 11 is 0. The first-order chi connectivity index (χ1) is 17.1. The largest absolute Gasteiger partial charge is 0.455 e. The molecular formula is C26H25N5O4. The molecule has 0 saturated carbocycles. The minimum atomic E-state index is -0.392. The van der Waals surface area contributed by atoms with Crippen molar-refractivity contribution in [1.82, 2.24) is 19.8 Å². The van der Waals surface area contributed by atoms with Crippen LogP contribution in [-0.4, -0.2) is 38.4 Å². The van der Waals surface area contributed by atoms with Crippen LogP contribution in [0.3, 0.4) is 0 Å². The lowest BCUT2D eigenvalue weighted by Gasteiger charge is -2.36. The molecule has 1 unspecified atom stereocenters. The lowest BCUT2D eigenvalue weighted by Crippen LogP contribution is -2.37. The Morgan fingerprint density at radius 2 is 1.94 bits per heavy atom. The molecule has 0 fully saturated rings. The molecule has 0 bridgehead atoms. The van der Waals surface area contributed by atoms with Gasteiger partial charge in [0.25, 0.3) is 11.6 Å². The standard InChI is InChI=1S/C26H25N5O4/c32-26(28-14-12-20-4-1-2-13-27-20)24-11-10-22(35-24)18-30-17-16-29-15-3-5-23(29)25(30)19-6-8-21(9-7-19)31(33)34/h1-11,13,15,25H,12,14,16-18H2,(H,28,32). The molecule has 35 heavy (non-hydrogen) atoms. The molecule has 9 heteroatoms. The van der Waals surface area contributed by atoms with E-state index in [1.165, 1.54) is 12.1 Å². The van der Waals surface area contributed by atoms with Gasteiger partial charge in [-0.2, -0.15) is 0 Å². The Hall–Kier alpha value is -4.24. The van der Waals surface area contributed by atoms with Gasteiger partial charge in [-0.25, -0.2) is 0 Å². The van der Waals surface area contributed by atoms with Gasteiger partial charge in [-0.1, -0.05) is 18.2 Å². The third-order valence-corrected chi connectivity index (χ3v) is 6.19. The minimum absolute atomic E-state index is 0.0660. The van der Waals surface area contributed by atoms with Gasteiger partial charge in [0.15, 0.2) is 5.76 Å². The fourth-order valence-corrected chi connectivity index (χ4v) is 4.48. The zero-order chi connectivity index (χ0) is 24.2. The number of nitrogens with zero attached hydrogens (tertiary/aromatic N) is 4. The third kappa shape index (κ3) is 4.99. The fourth-order valence-electron chi connectivity index (χ4n) is 4.48. The predicted octanol–water partition coefficient (Wildman–Crippen LogP) is 3.96. The summed E-state index contributed by atoms with van der Waals surface area (Å²) < 4.78 is 8.09. The van der Waals surface area contributed by atoms with Crippen LogP contribution in [0, 0.1) is 10.1 Å². The number of pyridine rings is 1. The zero-order valence-electron chi connectivity index (χ0n) is 19.0.